The van der Waals surface area contributed by atoms with E-state index in [9.17, 15) is 9.18 Å². The average molecular weight is 401 g/mol. The molecule has 0 radical (unpaired) electrons. The van der Waals surface area contributed by atoms with Gasteiger partial charge in [0.1, 0.15) is 5.67 Å². The fraction of sp³-hybridized carbons (Fsp3) is 0.667. The lowest BCUT2D eigenvalue weighted by Gasteiger charge is -2.37. The molecule has 2 rings (SSSR count). The summed E-state index contributed by atoms with van der Waals surface area (Å²) >= 11 is 3.62. The highest BCUT2D eigenvalue weighted by atomic mass is 79.9. The maximum atomic E-state index is 14.1. The standard InChI is InChI=1S/C18H26BrFN2O2/c1-11(2)24-15(23)10-14-12(3)21-13(4)16(19)17(14)22-8-6-18(5,20)7-9-22/h11H,6-10H2,1-5H3. The maximum absolute atomic E-state index is 14.1. The molecule has 0 aromatic carbocycles. The summed E-state index contributed by atoms with van der Waals surface area (Å²) in [5.41, 5.74) is 2.39. The topological polar surface area (TPSA) is 42.4 Å². The summed E-state index contributed by atoms with van der Waals surface area (Å²) in [5.74, 6) is -0.265. The first kappa shape index (κ1) is 19.2. The zero-order chi connectivity index (χ0) is 18.1. The molecule has 1 aromatic rings. The van der Waals surface area contributed by atoms with Gasteiger partial charge in [-0.25, -0.2) is 4.39 Å². The summed E-state index contributed by atoms with van der Waals surface area (Å²) in [6.45, 7) is 10.4. The van der Waals surface area contributed by atoms with Crippen LogP contribution in [-0.2, 0) is 16.0 Å². The molecule has 4 nitrogen and oxygen atoms in total. The van der Waals surface area contributed by atoms with Crippen LogP contribution in [0.15, 0.2) is 4.47 Å². The predicted molar refractivity (Wildman–Crippen MR) is 97.3 cm³/mol. The van der Waals surface area contributed by atoms with Crippen molar-refractivity contribution in [1.82, 2.24) is 4.98 Å². The second kappa shape index (κ2) is 7.38. The van der Waals surface area contributed by atoms with Crippen molar-refractivity contribution in [3.63, 3.8) is 0 Å². The summed E-state index contributed by atoms with van der Waals surface area (Å²) in [6.07, 6.45) is 0.991. The quantitative estimate of drug-likeness (QED) is 0.707. The largest absolute Gasteiger partial charge is 0.463 e. The lowest BCUT2D eigenvalue weighted by Crippen LogP contribution is -2.41. The number of hydrogen-bond acceptors (Lipinski definition) is 4. The molecular formula is C18H26BrFN2O2. The number of aromatic nitrogens is 1. The Morgan fingerprint density at radius 3 is 2.46 bits per heavy atom. The lowest BCUT2D eigenvalue weighted by molar-refractivity contribution is -0.146. The molecule has 0 saturated carbocycles. The van der Waals surface area contributed by atoms with Crippen LogP contribution in [0.3, 0.4) is 0 Å². The molecular weight excluding hydrogens is 375 g/mol. The molecule has 1 aromatic heterocycles. The van der Waals surface area contributed by atoms with Gasteiger partial charge in [-0.3, -0.25) is 9.78 Å². The number of alkyl halides is 1. The normalized spacial score (nSPS) is 17.2. The summed E-state index contributed by atoms with van der Waals surface area (Å²) in [7, 11) is 0. The van der Waals surface area contributed by atoms with Crippen LogP contribution in [-0.4, -0.2) is 35.8 Å². The average Bonchev–Trinajstić information content (AvgIpc) is 2.45. The number of anilines is 1. The van der Waals surface area contributed by atoms with Gasteiger partial charge in [-0.15, -0.1) is 0 Å². The van der Waals surface area contributed by atoms with E-state index in [1.807, 2.05) is 27.7 Å². The third-order valence-electron chi connectivity index (χ3n) is 4.39. The first-order valence-electron chi connectivity index (χ1n) is 8.39. The Balaban J connectivity index is 2.36. The second-order valence-electron chi connectivity index (χ2n) is 7.04. The molecule has 2 heterocycles. The molecule has 1 fully saturated rings. The third-order valence-corrected chi connectivity index (χ3v) is 5.34. The number of pyridine rings is 1. The summed E-state index contributed by atoms with van der Waals surface area (Å²) < 4.78 is 20.3. The molecule has 0 atom stereocenters. The van der Waals surface area contributed by atoms with Crippen molar-refractivity contribution in [2.45, 2.75) is 65.7 Å². The number of halogens is 2. The van der Waals surface area contributed by atoms with E-state index in [2.05, 4.69) is 25.8 Å². The van der Waals surface area contributed by atoms with Crippen molar-refractivity contribution < 1.29 is 13.9 Å². The van der Waals surface area contributed by atoms with E-state index in [4.69, 9.17) is 4.74 Å². The van der Waals surface area contributed by atoms with E-state index >= 15 is 0 Å². The Bertz CT molecular complexity index is 622. The number of esters is 1. The molecule has 0 unspecified atom stereocenters. The van der Waals surface area contributed by atoms with Gasteiger partial charge in [-0.2, -0.15) is 0 Å². The minimum atomic E-state index is -1.11. The SMILES string of the molecule is Cc1nc(C)c(CC(=O)OC(C)C)c(N2CCC(C)(F)CC2)c1Br. The van der Waals surface area contributed by atoms with Gasteiger partial charge >= 0.3 is 5.97 Å². The van der Waals surface area contributed by atoms with E-state index in [1.165, 1.54) is 0 Å². The van der Waals surface area contributed by atoms with Crippen LogP contribution >= 0.6 is 15.9 Å². The minimum Gasteiger partial charge on any atom is -0.463 e. The number of nitrogens with zero attached hydrogens (tertiary/aromatic N) is 2. The van der Waals surface area contributed by atoms with Gasteiger partial charge in [-0.05, 0) is 63.4 Å². The van der Waals surface area contributed by atoms with Gasteiger partial charge in [0.25, 0.3) is 0 Å². The second-order valence-corrected chi connectivity index (χ2v) is 7.83. The van der Waals surface area contributed by atoms with Gasteiger partial charge in [0, 0.05) is 24.3 Å². The Labute approximate surface area is 151 Å². The zero-order valence-electron chi connectivity index (χ0n) is 15.1. The van der Waals surface area contributed by atoms with Crippen molar-refractivity contribution in [3.05, 3.63) is 21.4 Å². The highest BCUT2D eigenvalue weighted by molar-refractivity contribution is 9.10. The number of piperidine rings is 1. The number of aryl methyl sites for hydroxylation is 2. The van der Waals surface area contributed by atoms with Gasteiger partial charge < -0.3 is 9.64 Å². The first-order chi connectivity index (χ1) is 11.1. The first-order valence-corrected chi connectivity index (χ1v) is 9.19. The maximum Gasteiger partial charge on any atom is 0.310 e. The predicted octanol–water partition coefficient (Wildman–Crippen LogP) is 4.28. The van der Waals surface area contributed by atoms with Crippen molar-refractivity contribution in [2.75, 3.05) is 18.0 Å². The van der Waals surface area contributed by atoms with E-state index in [0.29, 0.717) is 25.9 Å². The van der Waals surface area contributed by atoms with Gasteiger partial charge in [-0.1, -0.05) is 0 Å². The third kappa shape index (κ3) is 4.47. The van der Waals surface area contributed by atoms with Crippen LogP contribution < -0.4 is 4.90 Å². The Hall–Kier alpha value is -1.17. The molecule has 24 heavy (non-hydrogen) atoms. The number of rotatable bonds is 4. The van der Waals surface area contributed by atoms with Crippen LogP contribution in [0.5, 0.6) is 0 Å². The van der Waals surface area contributed by atoms with Crippen LogP contribution in [0.2, 0.25) is 0 Å². The highest BCUT2D eigenvalue weighted by Crippen LogP contribution is 2.38. The molecule has 0 N–H and O–H groups in total. The molecule has 134 valence electrons. The Kier molecular flexibility index (Phi) is 5.89. The fourth-order valence-electron chi connectivity index (χ4n) is 3.03. The molecule has 0 bridgehead atoms. The molecule has 0 amide bonds. The summed E-state index contributed by atoms with van der Waals surface area (Å²) in [6, 6.07) is 0. The molecule has 6 heteroatoms. The molecule has 1 saturated heterocycles. The molecule has 0 spiro atoms. The molecule has 1 aliphatic heterocycles. The van der Waals surface area contributed by atoms with Crippen molar-refractivity contribution in [2.24, 2.45) is 0 Å². The number of carbonyl (C=O) groups excluding carboxylic acids is 1. The minimum absolute atomic E-state index is 0.148. The van der Waals surface area contributed by atoms with Crippen LogP contribution in [0.25, 0.3) is 0 Å². The summed E-state index contributed by atoms with van der Waals surface area (Å²) in [4.78, 5) is 18.9. The van der Waals surface area contributed by atoms with Crippen molar-refractivity contribution in [1.29, 1.82) is 0 Å². The zero-order valence-corrected chi connectivity index (χ0v) is 16.7. The van der Waals surface area contributed by atoms with E-state index in [-0.39, 0.29) is 18.5 Å². The van der Waals surface area contributed by atoms with E-state index in [0.717, 1.165) is 27.1 Å². The number of hydrogen-bond donors (Lipinski definition) is 0. The van der Waals surface area contributed by atoms with Gasteiger partial charge in [0.15, 0.2) is 0 Å². The van der Waals surface area contributed by atoms with Crippen LogP contribution in [0, 0.1) is 13.8 Å². The van der Waals surface area contributed by atoms with E-state index < -0.39 is 5.67 Å². The number of ether oxygens (including phenoxy) is 1. The van der Waals surface area contributed by atoms with Gasteiger partial charge in [0.05, 0.1) is 28.4 Å². The van der Waals surface area contributed by atoms with Crippen molar-refractivity contribution >= 4 is 27.6 Å². The van der Waals surface area contributed by atoms with Crippen LogP contribution in [0.4, 0.5) is 10.1 Å². The molecule has 0 aliphatic carbocycles. The Morgan fingerprint density at radius 1 is 1.33 bits per heavy atom. The fourth-order valence-corrected chi connectivity index (χ4v) is 3.61. The van der Waals surface area contributed by atoms with Crippen LogP contribution in [0.1, 0.15) is 50.6 Å². The molecule has 1 aliphatic rings. The van der Waals surface area contributed by atoms with Gasteiger partial charge in [0.2, 0.25) is 0 Å². The highest BCUT2D eigenvalue weighted by Gasteiger charge is 2.32. The van der Waals surface area contributed by atoms with Crippen molar-refractivity contribution in [3.8, 4) is 0 Å². The lowest BCUT2D eigenvalue weighted by atomic mass is 9.94. The number of carbonyl (C=O) groups is 1. The monoisotopic (exact) mass is 400 g/mol. The van der Waals surface area contributed by atoms with E-state index in [1.54, 1.807) is 6.92 Å². The summed E-state index contributed by atoms with van der Waals surface area (Å²) in [5, 5.41) is 0. The smallest absolute Gasteiger partial charge is 0.310 e. The Morgan fingerprint density at radius 2 is 1.92 bits per heavy atom.